The number of rotatable bonds is 4. The quantitative estimate of drug-likeness (QED) is 0.312. The second-order valence-electron chi connectivity index (χ2n) is 2.00. The standard InChI is InChI=1S/C6H8O5/c1-2-6(11,5(9)10)4(8)3-7/h3,11H,2H2,1H3,(H,9,10). The Kier molecular flexibility index (Phi) is 2.88. The lowest BCUT2D eigenvalue weighted by atomic mass is 9.96. The molecule has 0 spiro atoms. The molecule has 2 N–H and O–H groups in total. The molecule has 0 aliphatic rings. The number of carbonyl (C=O) groups excluding carboxylic acids is 2. The molecule has 0 rings (SSSR count). The fourth-order valence-electron chi connectivity index (χ4n) is 0.528. The van der Waals surface area contributed by atoms with Gasteiger partial charge in [-0.3, -0.25) is 9.59 Å². The third kappa shape index (κ3) is 1.62. The number of Topliss-reactive ketones (excluding diaryl/α,β-unsaturated/α-hetero) is 1. The van der Waals surface area contributed by atoms with E-state index >= 15 is 0 Å². The second-order valence-corrected chi connectivity index (χ2v) is 2.00. The van der Waals surface area contributed by atoms with Crippen LogP contribution in [-0.4, -0.2) is 33.9 Å². The monoisotopic (exact) mass is 160 g/mol. The highest BCUT2D eigenvalue weighted by atomic mass is 16.4. The Hall–Kier alpha value is -1.23. The minimum atomic E-state index is -2.54. The molecule has 0 bridgehead atoms. The van der Waals surface area contributed by atoms with E-state index in [2.05, 4.69) is 0 Å². The minimum Gasteiger partial charge on any atom is -0.479 e. The normalized spacial score (nSPS) is 15.1. The Morgan fingerprint density at radius 3 is 2.09 bits per heavy atom. The average Bonchev–Trinajstić information content (AvgIpc) is 2.01. The topological polar surface area (TPSA) is 91.7 Å². The Morgan fingerprint density at radius 1 is 1.55 bits per heavy atom. The summed E-state index contributed by atoms with van der Waals surface area (Å²) in [6.45, 7) is 1.30. The molecule has 0 saturated carbocycles. The van der Waals surface area contributed by atoms with Gasteiger partial charge in [-0.05, 0) is 6.42 Å². The van der Waals surface area contributed by atoms with Gasteiger partial charge in [-0.25, -0.2) is 4.79 Å². The van der Waals surface area contributed by atoms with Crippen LogP contribution in [0.3, 0.4) is 0 Å². The Labute approximate surface area is 62.6 Å². The highest BCUT2D eigenvalue weighted by Crippen LogP contribution is 2.09. The Balaban J connectivity index is 4.73. The molecule has 0 fully saturated rings. The third-order valence-electron chi connectivity index (χ3n) is 1.38. The lowest BCUT2D eigenvalue weighted by molar-refractivity contribution is -0.166. The zero-order valence-electron chi connectivity index (χ0n) is 5.90. The van der Waals surface area contributed by atoms with Crippen LogP contribution in [0.15, 0.2) is 0 Å². The summed E-state index contributed by atoms with van der Waals surface area (Å²) in [7, 11) is 0. The van der Waals surface area contributed by atoms with Crippen LogP contribution >= 0.6 is 0 Å². The summed E-state index contributed by atoms with van der Waals surface area (Å²) >= 11 is 0. The maximum atomic E-state index is 10.5. The molecule has 0 aliphatic carbocycles. The van der Waals surface area contributed by atoms with E-state index in [-0.39, 0.29) is 12.7 Å². The van der Waals surface area contributed by atoms with E-state index < -0.39 is 17.4 Å². The molecule has 5 nitrogen and oxygen atoms in total. The largest absolute Gasteiger partial charge is 0.479 e. The fraction of sp³-hybridized carbons (Fsp3) is 0.500. The lowest BCUT2D eigenvalue weighted by Crippen LogP contribution is -2.46. The summed E-state index contributed by atoms with van der Waals surface area (Å²) in [5.74, 6) is -3.02. The van der Waals surface area contributed by atoms with Gasteiger partial charge in [0.2, 0.25) is 11.4 Å². The predicted octanol–water partition coefficient (Wildman–Crippen LogP) is -1.02. The maximum absolute atomic E-state index is 10.5. The van der Waals surface area contributed by atoms with E-state index in [1.54, 1.807) is 0 Å². The minimum absolute atomic E-state index is 0.197. The van der Waals surface area contributed by atoms with Crippen molar-refractivity contribution in [1.29, 1.82) is 0 Å². The van der Waals surface area contributed by atoms with E-state index in [0.717, 1.165) is 0 Å². The number of hydrogen-bond acceptors (Lipinski definition) is 4. The number of carbonyl (C=O) groups is 3. The van der Waals surface area contributed by atoms with E-state index in [9.17, 15) is 14.4 Å². The van der Waals surface area contributed by atoms with Gasteiger partial charge >= 0.3 is 5.97 Å². The van der Waals surface area contributed by atoms with Crippen molar-refractivity contribution in [2.24, 2.45) is 0 Å². The molecule has 0 aliphatic heterocycles. The molecule has 0 aromatic carbocycles. The van der Waals surface area contributed by atoms with Crippen molar-refractivity contribution in [1.82, 2.24) is 0 Å². The number of aldehydes is 1. The Bertz CT molecular complexity index is 197. The fourth-order valence-corrected chi connectivity index (χ4v) is 0.528. The van der Waals surface area contributed by atoms with Crippen molar-refractivity contribution in [2.75, 3.05) is 0 Å². The van der Waals surface area contributed by atoms with E-state index in [1.807, 2.05) is 0 Å². The summed E-state index contributed by atoms with van der Waals surface area (Å²) < 4.78 is 0. The number of hydrogen-bond donors (Lipinski definition) is 2. The molecule has 0 radical (unpaired) electrons. The molecule has 0 aromatic heterocycles. The molecular weight excluding hydrogens is 152 g/mol. The molecule has 0 amide bonds. The smallest absolute Gasteiger partial charge is 0.344 e. The summed E-state index contributed by atoms with van der Waals surface area (Å²) in [5.41, 5.74) is -2.54. The number of aliphatic hydroxyl groups is 1. The molecule has 62 valence electrons. The summed E-state index contributed by atoms with van der Waals surface area (Å²) in [5, 5.41) is 17.3. The molecule has 5 heteroatoms. The molecule has 11 heavy (non-hydrogen) atoms. The molecule has 0 aromatic rings. The van der Waals surface area contributed by atoms with Crippen molar-refractivity contribution in [3.8, 4) is 0 Å². The van der Waals surface area contributed by atoms with Crippen LogP contribution in [-0.2, 0) is 14.4 Å². The average molecular weight is 160 g/mol. The van der Waals surface area contributed by atoms with Gasteiger partial charge < -0.3 is 10.2 Å². The first-order chi connectivity index (χ1) is 4.99. The van der Waals surface area contributed by atoms with E-state index in [0.29, 0.717) is 0 Å². The highest BCUT2D eigenvalue weighted by Gasteiger charge is 2.41. The lowest BCUT2D eigenvalue weighted by Gasteiger charge is -2.15. The summed E-state index contributed by atoms with van der Waals surface area (Å²) in [6, 6.07) is 0. The predicted molar refractivity (Wildman–Crippen MR) is 33.9 cm³/mol. The van der Waals surface area contributed by atoms with Gasteiger partial charge in [0, 0.05) is 0 Å². The van der Waals surface area contributed by atoms with Gasteiger partial charge in [0.25, 0.3) is 0 Å². The van der Waals surface area contributed by atoms with Crippen LogP contribution in [0.25, 0.3) is 0 Å². The van der Waals surface area contributed by atoms with Crippen LogP contribution in [0.1, 0.15) is 13.3 Å². The van der Waals surface area contributed by atoms with Gasteiger partial charge in [-0.15, -0.1) is 0 Å². The van der Waals surface area contributed by atoms with Gasteiger partial charge in [-0.2, -0.15) is 0 Å². The second kappa shape index (κ2) is 3.25. The Morgan fingerprint density at radius 2 is 2.00 bits per heavy atom. The van der Waals surface area contributed by atoms with Crippen molar-refractivity contribution in [3.05, 3.63) is 0 Å². The van der Waals surface area contributed by atoms with Gasteiger partial charge in [0.15, 0.2) is 6.29 Å². The van der Waals surface area contributed by atoms with Gasteiger partial charge in [0.1, 0.15) is 0 Å². The first-order valence-corrected chi connectivity index (χ1v) is 2.94. The van der Waals surface area contributed by atoms with Crippen molar-refractivity contribution in [3.63, 3.8) is 0 Å². The van der Waals surface area contributed by atoms with Crippen LogP contribution in [0, 0.1) is 0 Å². The molecule has 1 unspecified atom stereocenters. The van der Waals surface area contributed by atoms with E-state index in [1.165, 1.54) is 6.92 Å². The zero-order valence-corrected chi connectivity index (χ0v) is 5.90. The first kappa shape index (κ1) is 9.77. The molecule has 1 atom stereocenters. The third-order valence-corrected chi connectivity index (χ3v) is 1.38. The number of carboxylic acids is 1. The first-order valence-electron chi connectivity index (χ1n) is 2.94. The SMILES string of the molecule is CCC(O)(C(=O)O)C(=O)C=O. The van der Waals surface area contributed by atoms with Crippen molar-refractivity contribution < 1.29 is 24.6 Å². The molecule has 0 saturated heterocycles. The van der Waals surface area contributed by atoms with E-state index in [4.69, 9.17) is 10.2 Å². The van der Waals surface area contributed by atoms with Gasteiger partial charge in [-0.1, -0.05) is 6.92 Å². The number of ketones is 1. The summed E-state index contributed by atoms with van der Waals surface area (Å²) in [6.07, 6.45) is -0.516. The molecule has 0 heterocycles. The van der Waals surface area contributed by atoms with Crippen LogP contribution < -0.4 is 0 Å². The van der Waals surface area contributed by atoms with Crippen LogP contribution in [0.4, 0.5) is 0 Å². The highest BCUT2D eigenvalue weighted by molar-refractivity contribution is 6.34. The van der Waals surface area contributed by atoms with Crippen LogP contribution in [0.5, 0.6) is 0 Å². The van der Waals surface area contributed by atoms with Crippen molar-refractivity contribution in [2.45, 2.75) is 18.9 Å². The van der Waals surface area contributed by atoms with Crippen molar-refractivity contribution >= 4 is 18.0 Å². The maximum Gasteiger partial charge on any atom is 0.344 e. The zero-order chi connectivity index (χ0) is 9.07. The van der Waals surface area contributed by atoms with Gasteiger partial charge in [0.05, 0.1) is 0 Å². The summed E-state index contributed by atoms with van der Waals surface area (Å²) in [4.78, 5) is 30.6. The van der Waals surface area contributed by atoms with Crippen LogP contribution in [0.2, 0.25) is 0 Å². The number of aliphatic carboxylic acids is 1. The number of carboxylic acid groups (broad SMARTS) is 1. The molecular formula is C6H8O5.